The van der Waals surface area contributed by atoms with Crippen molar-refractivity contribution >= 4 is 35.1 Å². The van der Waals surface area contributed by atoms with Crippen molar-refractivity contribution in [3.05, 3.63) is 86.4 Å². The molecule has 142 valence electrons. The number of nitrogens with one attached hydrogen (secondary N) is 2. The Morgan fingerprint density at radius 1 is 1.18 bits per heavy atom. The van der Waals surface area contributed by atoms with Crippen LogP contribution in [0.25, 0.3) is 0 Å². The Morgan fingerprint density at radius 2 is 1.96 bits per heavy atom. The van der Waals surface area contributed by atoms with Crippen LogP contribution in [0.1, 0.15) is 29.0 Å². The number of fused-ring (bicyclic) bond motifs is 1. The second-order valence-electron chi connectivity index (χ2n) is 6.41. The van der Waals surface area contributed by atoms with Gasteiger partial charge in [0, 0.05) is 23.1 Å². The summed E-state index contributed by atoms with van der Waals surface area (Å²) in [5.74, 6) is -0.392. The minimum absolute atomic E-state index is 0.0679. The Bertz CT molecular complexity index is 1100. The number of hydrogen-bond donors (Lipinski definition) is 2. The molecular formula is C20H15ClFN3O2S. The fourth-order valence-electron chi connectivity index (χ4n) is 3.16. The topological polar surface area (TPSA) is 74.8 Å². The standard InChI is InChI=1S/C20H15ClFN3O2S/c21-13-6-4-11(5-7-13)10-28-20-24-18-17(19(27)25-20)15(9-16(26)23-18)12-2-1-3-14(22)8-12/h1-8,15H,9-10H2,(H2,23,24,25,26,27). The number of thioether (sulfide) groups is 1. The summed E-state index contributed by atoms with van der Waals surface area (Å²) in [6.45, 7) is 0. The molecule has 1 unspecified atom stereocenters. The second-order valence-corrected chi connectivity index (χ2v) is 7.81. The van der Waals surface area contributed by atoms with Crippen LogP contribution in [0, 0.1) is 5.82 Å². The minimum atomic E-state index is -0.536. The summed E-state index contributed by atoms with van der Waals surface area (Å²) in [7, 11) is 0. The van der Waals surface area contributed by atoms with E-state index >= 15 is 0 Å². The van der Waals surface area contributed by atoms with Crippen LogP contribution in [0.3, 0.4) is 0 Å². The Labute approximate surface area is 169 Å². The van der Waals surface area contributed by atoms with E-state index in [1.807, 2.05) is 12.1 Å². The van der Waals surface area contributed by atoms with Gasteiger partial charge in [-0.1, -0.05) is 47.6 Å². The quantitative estimate of drug-likeness (QED) is 0.491. The zero-order valence-corrected chi connectivity index (χ0v) is 16.1. The number of nitrogens with zero attached hydrogens (tertiary/aromatic N) is 1. The van der Waals surface area contributed by atoms with Crippen molar-refractivity contribution in [2.24, 2.45) is 0 Å². The fraction of sp³-hybridized carbons (Fsp3) is 0.150. The first-order chi connectivity index (χ1) is 13.5. The van der Waals surface area contributed by atoms with Gasteiger partial charge >= 0.3 is 0 Å². The SMILES string of the molecule is O=C1CC(c2cccc(F)c2)c2c(nc(SCc3ccc(Cl)cc3)[nH]c2=O)N1. The summed E-state index contributed by atoms with van der Waals surface area (Å²) in [6.07, 6.45) is 0.0679. The Hall–Kier alpha value is -2.64. The molecule has 0 fully saturated rings. The van der Waals surface area contributed by atoms with Crippen LogP contribution in [0.5, 0.6) is 0 Å². The molecule has 0 saturated carbocycles. The van der Waals surface area contributed by atoms with Crippen molar-refractivity contribution in [1.29, 1.82) is 0 Å². The average molecular weight is 416 g/mol. The van der Waals surface area contributed by atoms with E-state index in [1.54, 1.807) is 24.3 Å². The van der Waals surface area contributed by atoms with Gasteiger partial charge in [-0.2, -0.15) is 0 Å². The molecule has 28 heavy (non-hydrogen) atoms. The molecule has 1 aromatic heterocycles. The van der Waals surface area contributed by atoms with Crippen LogP contribution in [0.4, 0.5) is 10.2 Å². The summed E-state index contributed by atoms with van der Waals surface area (Å²) in [6, 6.07) is 13.3. The van der Waals surface area contributed by atoms with Gasteiger partial charge in [0.25, 0.3) is 5.56 Å². The first kappa shape index (κ1) is 18.7. The molecule has 1 atom stereocenters. The molecule has 8 heteroatoms. The Morgan fingerprint density at radius 3 is 2.71 bits per heavy atom. The van der Waals surface area contributed by atoms with E-state index < -0.39 is 11.7 Å². The van der Waals surface area contributed by atoms with Crippen molar-refractivity contribution in [3.63, 3.8) is 0 Å². The molecule has 2 N–H and O–H groups in total. The number of hydrogen-bond acceptors (Lipinski definition) is 4. The van der Waals surface area contributed by atoms with Gasteiger partial charge in [-0.3, -0.25) is 9.59 Å². The maximum atomic E-state index is 13.6. The summed E-state index contributed by atoms with van der Waals surface area (Å²) in [5, 5.41) is 3.72. The van der Waals surface area contributed by atoms with Crippen molar-refractivity contribution < 1.29 is 9.18 Å². The van der Waals surface area contributed by atoms with Crippen LogP contribution in [-0.2, 0) is 10.5 Å². The normalized spacial score (nSPS) is 15.8. The lowest BCUT2D eigenvalue weighted by Crippen LogP contribution is -2.31. The molecule has 1 amide bonds. The summed E-state index contributed by atoms with van der Waals surface area (Å²) >= 11 is 7.23. The van der Waals surface area contributed by atoms with Crippen molar-refractivity contribution in [1.82, 2.24) is 9.97 Å². The van der Waals surface area contributed by atoms with E-state index in [2.05, 4.69) is 15.3 Å². The zero-order valence-electron chi connectivity index (χ0n) is 14.5. The van der Waals surface area contributed by atoms with Gasteiger partial charge in [-0.05, 0) is 35.4 Å². The lowest BCUT2D eigenvalue weighted by atomic mass is 9.87. The summed E-state index contributed by atoms with van der Waals surface area (Å²) in [5.41, 5.74) is 1.61. The van der Waals surface area contributed by atoms with Crippen LogP contribution >= 0.6 is 23.4 Å². The van der Waals surface area contributed by atoms with Gasteiger partial charge in [0.05, 0.1) is 5.56 Å². The lowest BCUT2D eigenvalue weighted by Gasteiger charge is -2.24. The van der Waals surface area contributed by atoms with E-state index in [0.717, 1.165) is 5.56 Å². The third-order valence-electron chi connectivity index (χ3n) is 4.47. The molecule has 0 bridgehead atoms. The lowest BCUT2D eigenvalue weighted by molar-refractivity contribution is -0.116. The predicted octanol–water partition coefficient (Wildman–Crippen LogP) is 4.33. The highest BCUT2D eigenvalue weighted by Gasteiger charge is 2.31. The predicted molar refractivity (Wildman–Crippen MR) is 107 cm³/mol. The number of benzene rings is 2. The largest absolute Gasteiger partial charge is 0.310 e. The second kappa shape index (κ2) is 7.77. The minimum Gasteiger partial charge on any atom is -0.310 e. The number of H-pyrrole nitrogens is 1. The number of amides is 1. The molecule has 0 spiro atoms. The third kappa shape index (κ3) is 3.95. The molecule has 3 aromatic rings. The maximum absolute atomic E-state index is 13.6. The molecule has 1 aliphatic rings. The van der Waals surface area contributed by atoms with E-state index in [-0.39, 0.29) is 23.7 Å². The average Bonchev–Trinajstić information content (AvgIpc) is 2.66. The molecule has 4 rings (SSSR count). The smallest absolute Gasteiger partial charge is 0.257 e. The first-order valence-corrected chi connectivity index (χ1v) is 9.93. The fourth-order valence-corrected chi connectivity index (χ4v) is 4.10. The molecule has 2 aromatic carbocycles. The van der Waals surface area contributed by atoms with Crippen LogP contribution < -0.4 is 10.9 Å². The van der Waals surface area contributed by atoms with Gasteiger partial charge in [-0.25, -0.2) is 9.37 Å². The summed E-state index contributed by atoms with van der Waals surface area (Å²) in [4.78, 5) is 32.1. The first-order valence-electron chi connectivity index (χ1n) is 8.56. The maximum Gasteiger partial charge on any atom is 0.257 e. The molecule has 5 nitrogen and oxygen atoms in total. The molecule has 0 aliphatic carbocycles. The van der Waals surface area contributed by atoms with Gasteiger partial charge in [0.1, 0.15) is 11.6 Å². The highest BCUT2D eigenvalue weighted by Crippen LogP contribution is 2.34. The van der Waals surface area contributed by atoms with Crippen molar-refractivity contribution in [2.75, 3.05) is 5.32 Å². The van der Waals surface area contributed by atoms with E-state index in [1.165, 1.54) is 23.9 Å². The Kier molecular flexibility index (Phi) is 5.19. The van der Waals surface area contributed by atoms with Crippen LogP contribution in [0.15, 0.2) is 58.5 Å². The van der Waals surface area contributed by atoms with E-state index in [0.29, 0.717) is 27.1 Å². The number of halogens is 2. The van der Waals surface area contributed by atoms with Gasteiger partial charge in [0.15, 0.2) is 5.16 Å². The number of carbonyl (C=O) groups is 1. The zero-order chi connectivity index (χ0) is 19.7. The van der Waals surface area contributed by atoms with Gasteiger partial charge in [-0.15, -0.1) is 0 Å². The van der Waals surface area contributed by atoms with Crippen LogP contribution in [0.2, 0.25) is 5.02 Å². The van der Waals surface area contributed by atoms with E-state index in [4.69, 9.17) is 11.6 Å². The Balaban J connectivity index is 1.65. The van der Waals surface area contributed by atoms with Crippen molar-refractivity contribution in [3.8, 4) is 0 Å². The molecular weight excluding hydrogens is 401 g/mol. The highest BCUT2D eigenvalue weighted by molar-refractivity contribution is 7.98. The molecule has 0 radical (unpaired) electrons. The summed E-state index contributed by atoms with van der Waals surface area (Å²) < 4.78 is 13.6. The van der Waals surface area contributed by atoms with E-state index in [9.17, 15) is 14.0 Å². The number of rotatable bonds is 4. The monoisotopic (exact) mass is 415 g/mol. The third-order valence-corrected chi connectivity index (χ3v) is 5.67. The molecule has 0 saturated heterocycles. The molecule has 1 aliphatic heterocycles. The number of aromatic amines is 1. The number of aromatic nitrogens is 2. The van der Waals surface area contributed by atoms with Crippen molar-refractivity contribution in [2.45, 2.75) is 23.2 Å². The van der Waals surface area contributed by atoms with Gasteiger partial charge in [0.2, 0.25) is 5.91 Å². The highest BCUT2D eigenvalue weighted by atomic mass is 35.5. The van der Waals surface area contributed by atoms with Crippen LogP contribution in [-0.4, -0.2) is 15.9 Å². The van der Waals surface area contributed by atoms with Gasteiger partial charge < -0.3 is 10.3 Å². The number of carbonyl (C=O) groups excluding carboxylic acids is 1. The number of anilines is 1. The molecule has 2 heterocycles.